The highest BCUT2D eigenvalue weighted by molar-refractivity contribution is 9.10. The molecule has 4 aromatic rings. The Balaban J connectivity index is 1.62. The number of carbonyl (C=O) groups is 1. The molecule has 4 rings (SSSR count). The van der Waals surface area contributed by atoms with Crippen LogP contribution in [0.4, 0.5) is 10.1 Å². The second kappa shape index (κ2) is 8.31. The lowest BCUT2D eigenvalue weighted by molar-refractivity contribution is -0.117. The molecule has 1 amide bonds. The van der Waals surface area contributed by atoms with Crippen molar-refractivity contribution in [3.05, 3.63) is 80.7 Å². The average Bonchev–Trinajstić information content (AvgIpc) is 3.04. The van der Waals surface area contributed by atoms with Crippen molar-refractivity contribution < 1.29 is 13.9 Å². The maximum atomic E-state index is 14.0. The Bertz CT molecular complexity index is 1370. The fraction of sp³-hybridized carbons (Fsp3) is 0.143. The number of carbonyl (C=O) groups excluding carboxylic acids is 1. The summed E-state index contributed by atoms with van der Waals surface area (Å²) in [6.45, 7) is 3.47. The fourth-order valence-corrected chi connectivity index (χ4v) is 3.29. The molecule has 0 unspecified atom stereocenters. The maximum absolute atomic E-state index is 14.0. The van der Waals surface area contributed by atoms with Crippen LogP contribution in [0, 0.1) is 19.7 Å². The van der Waals surface area contributed by atoms with Crippen molar-refractivity contribution in [1.29, 1.82) is 0 Å². The molecule has 158 valence electrons. The zero-order valence-electron chi connectivity index (χ0n) is 16.6. The lowest BCUT2D eigenvalue weighted by atomic mass is 10.1. The van der Waals surface area contributed by atoms with Crippen molar-refractivity contribution in [3.8, 4) is 11.6 Å². The Morgan fingerprint density at radius 3 is 2.84 bits per heavy atom. The lowest BCUT2D eigenvalue weighted by Crippen LogP contribution is -2.28. The van der Waals surface area contributed by atoms with E-state index < -0.39 is 24.0 Å². The van der Waals surface area contributed by atoms with Crippen LogP contribution in [-0.4, -0.2) is 25.1 Å². The molecule has 0 aliphatic rings. The number of hydrogen-bond acceptors (Lipinski definition) is 5. The SMILES string of the molecule is Cc1cccc(Oc2nccn3c(=O)n(CC(=O)Nc4ccc(Br)cc4F)nc23)c1C. The zero-order chi connectivity index (χ0) is 22.1. The van der Waals surface area contributed by atoms with Crippen molar-refractivity contribution in [1.82, 2.24) is 19.2 Å². The van der Waals surface area contributed by atoms with Gasteiger partial charge in [0.15, 0.2) is 0 Å². The van der Waals surface area contributed by atoms with Gasteiger partial charge in [0.05, 0.1) is 5.69 Å². The van der Waals surface area contributed by atoms with E-state index in [9.17, 15) is 14.0 Å². The Morgan fingerprint density at radius 1 is 1.26 bits per heavy atom. The molecule has 2 aromatic heterocycles. The molecule has 1 N–H and O–H groups in total. The highest BCUT2D eigenvalue weighted by Crippen LogP contribution is 2.27. The molecule has 0 fully saturated rings. The average molecular weight is 486 g/mol. The molecule has 10 heteroatoms. The second-order valence-corrected chi connectivity index (χ2v) is 7.75. The Kier molecular flexibility index (Phi) is 5.55. The monoisotopic (exact) mass is 485 g/mol. The van der Waals surface area contributed by atoms with Gasteiger partial charge in [-0.2, -0.15) is 0 Å². The van der Waals surface area contributed by atoms with Crippen LogP contribution in [0.25, 0.3) is 5.65 Å². The van der Waals surface area contributed by atoms with Gasteiger partial charge < -0.3 is 10.1 Å². The largest absolute Gasteiger partial charge is 0.436 e. The molecule has 0 radical (unpaired) electrons. The summed E-state index contributed by atoms with van der Waals surface area (Å²) in [5.41, 5.74) is 1.60. The Hall–Kier alpha value is -3.53. The number of aromatic nitrogens is 4. The van der Waals surface area contributed by atoms with E-state index in [0.717, 1.165) is 15.8 Å². The highest BCUT2D eigenvalue weighted by atomic mass is 79.9. The van der Waals surface area contributed by atoms with Gasteiger partial charge in [-0.15, -0.1) is 5.10 Å². The van der Waals surface area contributed by atoms with Crippen LogP contribution in [0.3, 0.4) is 0 Å². The number of rotatable bonds is 5. The molecule has 2 aromatic carbocycles. The molecule has 0 atom stereocenters. The van der Waals surface area contributed by atoms with Gasteiger partial charge in [-0.1, -0.05) is 28.1 Å². The van der Waals surface area contributed by atoms with Crippen molar-refractivity contribution in [2.75, 3.05) is 5.32 Å². The second-order valence-electron chi connectivity index (χ2n) is 6.84. The molecule has 31 heavy (non-hydrogen) atoms. The molecule has 2 heterocycles. The van der Waals surface area contributed by atoms with E-state index in [2.05, 4.69) is 31.3 Å². The molecule has 0 saturated carbocycles. The molecular formula is C21H17BrFN5O3. The van der Waals surface area contributed by atoms with Crippen molar-refractivity contribution >= 4 is 33.2 Å². The summed E-state index contributed by atoms with van der Waals surface area (Å²) in [5, 5.41) is 6.63. The van der Waals surface area contributed by atoms with E-state index in [1.54, 1.807) is 12.1 Å². The standard InChI is InChI=1S/C21H17BrFN5O3/c1-12-4-3-5-17(13(12)2)31-20-19-26-28(21(30)27(19)9-8-24-20)11-18(29)25-16-7-6-14(22)10-15(16)23/h3-10H,11H2,1-2H3,(H,25,29). The first-order valence-corrected chi connectivity index (χ1v) is 10.1. The third-order valence-electron chi connectivity index (χ3n) is 4.73. The number of benzene rings is 2. The minimum atomic E-state index is -0.600. The number of ether oxygens (including phenoxy) is 1. The quantitative estimate of drug-likeness (QED) is 0.463. The summed E-state index contributed by atoms with van der Waals surface area (Å²) in [4.78, 5) is 29.2. The van der Waals surface area contributed by atoms with Gasteiger partial charge >= 0.3 is 5.69 Å². The molecular weight excluding hydrogens is 469 g/mol. The third kappa shape index (κ3) is 4.19. The van der Waals surface area contributed by atoms with Crippen LogP contribution in [-0.2, 0) is 11.3 Å². The van der Waals surface area contributed by atoms with Crippen molar-refractivity contribution in [2.24, 2.45) is 0 Å². The van der Waals surface area contributed by atoms with E-state index in [1.807, 2.05) is 26.0 Å². The smallest absolute Gasteiger partial charge is 0.351 e. The van der Waals surface area contributed by atoms with E-state index in [1.165, 1.54) is 28.9 Å². The van der Waals surface area contributed by atoms with Gasteiger partial charge in [0.25, 0.3) is 5.88 Å². The predicted molar refractivity (Wildman–Crippen MR) is 116 cm³/mol. The molecule has 8 nitrogen and oxygen atoms in total. The van der Waals surface area contributed by atoms with E-state index in [4.69, 9.17) is 4.74 Å². The number of fused-ring (bicyclic) bond motifs is 1. The van der Waals surface area contributed by atoms with Gasteiger partial charge in [-0.3, -0.25) is 4.79 Å². The van der Waals surface area contributed by atoms with Gasteiger partial charge in [0, 0.05) is 16.9 Å². The summed E-state index contributed by atoms with van der Waals surface area (Å²) >= 11 is 3.16. The number of nitrogens with zero attached hydrogens (tertiary/aromatic N) is 4. The Morgan fingerprint density at radius 2 is 2.06 bits per heavy atom. The molecule has 0 spiro atoms. The number of amides is 1. The molecule has 0 saturated heterocycles. The number of anilines is 1. The van der Waals surface area contributed by atoms with Gasteiger partial charge in [0.2, 0.25) is 11.6 Å². The van der Waals surface area contributed by atoms with Crippen LogP contribution < -0.4 is 15.7 Å². The van der Waals surface area contributed by atoms with Crippen molar-refractivity contribution in [2.45, 2.75) is 20.4 Å². The molecule has 0 bridgehead atoms. The summed E-state index contributed by atoms with van der Waals surface area (Å²) in [5.74, 6) is -0.479. The van der Waals surface area contributed by atoms with Crippen LogP contribution in [0.2, 0.25) is 0 Å². The minimum Gasteiger partial charge on any atom is -0.436 e. The van der Waals surface area contributed by atoms with Gasteiger partial charge in [0.1, 0.15) is 18.1 Å². The minimum absolute atomic E-state index is 0.00521. The highest BCUT2D eigenvalue weighted by Gasteiger charge is 2.17. The number of aryl methyl sites for hydroxylation is 1. The summed E-state index contributed by atoms with van der Waals surface area (Å²) in [6, 6.07) is 9.86. The third-order valence-corrected chi connectivity index (χ3v) is 5.22. The normalized spacial score (nSPS) is 11.0. The first kappa shape index (κ1) is 20.7. The Labute approximate surface area is 184 Å². The number of nitrogens with one attached hydrogen (secondary N) is 1. The molecule has 0 aliphatic carbocycles. The zero-order valence-corrected chi connectivity index (χ0v) is 18.2. The summed E-state index contributed by atoms with van der Waals surface area (Å²) in [6.07, 6.45) is 2.85. The van der Waals surface area contributed by atoms with E-state index in [0.29, 0.717) is 10.2 Å². The van der Waals surface area contributed by atoms with E-state index in [-0.39, 0.29) is 17.2 Å². The van der Waals surface area contributed by atoms with E-state index >= 15 is 0 Å². The van der Waals surface area contributed by atoms with Crippen LogP contribution in [0.1, 0.15) is 11.1 Å². The number of hydrogen-bond donors (Lipinski definition) is 1. The topological polar surface area (TPSA) is 90.5 Å². The first-order valence-electron chi connectivity index (χ1n) is 9.26. The van der Waals surface area contributed by atoms with Gasteiger partial charge in [-0.25, -0.2) is 23.3 Å². The van der Waals surface area contributed by atoms with Crippen LogP contribution >= 0.6 is 15.9 Å². The van der Waals surface area contributed by atoms with Gasteiger partial charge in [-0.05, 0) is 49.2 Å². The van der Waals surface area contributed by atoms with Crippen LogP contribution in [0.15, 0.2) is 58.1 Å². The summed E-state index contributed by atoms with van der Waals surface area (Å²) in [7, 11) is 0. The van der Waals surface area contributed by atoms with Crippen molar-refractivity contribution in [3.63, 3.8) is 0 Å². The fourth-order valence-electron chi connectivity index (χ4n) is 2.96. The lowest BCUT2D eigenvalue weighted by Gasteiger charge is -2.09. The maximum Gasteiger partial charge on any atom is 0.351 e. The molecule has 0 aliphatic heterocycles. The first-order chi connectivity index (χ1) is 14.8. The summed E-state index contributed by atoms with van der Waals surface area (Å²) < 4.78 is 22.6. The predicted octanol–water partition coefficient (Wildman–Crippen LogP) is 3.84. The van der Waals surface area contributed by atoms with Crippen LogP contribution in [0.5, 0.6) is 11.6 Å². The number of halogens is 2.